The van der Waals surface area contributed by atoms with Gasteiger partial charge in [-0.2, -0.15) is 0 Å². The molecular weight excluding hydrogens is 368 g/mol. The summed E-state index contributed by atoms with van der Waals surface area (Å²) in [6.45, 7) is 2.86. The Labute approximate surface area is 158 Å². The third kappa shape index (κ3) is 4.06. The van der Waals surface area contributed by atoms with Gasteiger partial charge in [0.15, 0.2) is 11.5 Å². The summed E-state index contributed by atoms with van der Waals surface area (Å²) < 4.78 is 36.7. The summed E-state index contributed by atoms with van der Waals surface area (Å²) in [4.78, 5) is 12.7. The Hall–Kier alpha value is -2.58. The SMILES string of the molecule is CC(NC(=O)c1cccc(S(=O)(=O)N(C)C)c1)c1ccc2c(c1)OCCO2. The number of carbonyl (C=O) groups is 1. The van der Waals surface area contributed by atoms with Gasteiger partial charge in [-0.05, 0) is 42.8 Å². The number of rotatable bonds is 5. The maximum Gasteiger partial charge on any atom is 0.251 e. The Kier molecular flexibility index (Phi) is 5.38. The fourth-order valence-corrected chi connectivity index (χ4v) is 3.65. The van der Waals surface area contributed by atoms with Crippen molar-refractivity contribution in [3.05, 3.63) is 53.6 Å². The summed E-state index contributed by atoms with van der Waals surface area (Å²) in [6, 6.07) is 11.2. The van der Waals surface area contributed by atoms with E-state index >= 15 is 0 Å². The van der Waals surface area contributed by atoms with Crippen LogP contribution in [0.25, 0.3) is 0 Å². The van der Waals surface area contributed by atoms with Gasteiger partial charge in [0.2, 0.25) is 10.0 Å². The quantitative estimate of drug-likeness (QED) is 0.846. The van der Waals surface area contributed by atoms with Gasteiger partial charge in [-0.3, -0.25) is 4.79 Å². The lowest BCUT2D eigenvalue weighted by Gasteiger charge is -2.21. The van der Waals surface area contributed by atoms with Crippen molar-refractivity contribution >= 4 is 15.9 Å². The normalized spacial score (nSPS) is 14.7. The molecule has 27 heavy (non-hydrogen) atoms. The number of amides is 1. The van der Waals surface area contributed by atoms with Crippen molar-refractivity contribution in [3.8, 4) is 11.5 Å². The topological polar surface area (TPSA) is 84.9 Å². The second-order valence-corrected chi connectivity index (χ2v) is 8.57. The number of nitrogens with zero attached hydrogens (tertiary/aromatic N) is 1. The lowest BCUT2D eigenvalue weighted by molar-refractivity contribution is 0.0939. The van der Waals surface area contributed by atoms with Crippen LogP contribution in [-0.2, 0) is 10.0 Å². The number of sulfonamides is 1. The molecule has 0 aliphatic carbocycles. The van der Waals surface area contributed by atoms with Crippen LogP contribution in [-0.4, -0.2) is 45.9 Å². The summed E-state index contributed by atoms with van der Waals surface area (Å²) in [5.74, 6) is 0.984. The summed E-state index contributed by atoms with van der Waals surface area (Å²) >= 11 is 0. The average Bonchev–Trinajstić information content (AvgIpc) is 2.67. The lowest BCUT2D eigenvalue weighted by atomic mass is 10.1. The second-order valence-electron chi connectivity index (χ2n) is 6.41. The fourth-order valence-electron chi connectivity index (χ4n) is 2.70. The number of hydrogen-bond acceptors (Lipinski definition) is 5. The van der Waals surface area contributed by atoms with E-state index in [-0.39, 0.29) is 22.4 Å². The molecule has 3 rings (SSSR count). The third-order valence-corrected chi connectivity index (χ3v) is 6.10. The van der Waals surface area contributed by atoms with Gasteiger partial charge < -0.3 is 14.8 Å². The fraction of sp³-hybridized carbons (Fsp3) is 0.316. The minimum Gasteiger partial charge on any atom is -0.486 e. The molecule has 0 fully saturated rings. The minimum absolute atomic E-state index is 0.0760. The zero-order valence-corrected chi connectivity index (χ0v) is 16.2. The van der Waals surface area contributed by atoms with Crippen molar-refractivity contribution in [1.82, 2.24) is 9.62 Å². The lowest BCUT2D eigenvalue weighted by Crippen LogP contribution is -2.27. The first-order valence-corrected chi connectivity index (χ1v) is 9.96. The van der Waals surface area contributed by atoms with Crippen molar-refractivity contribution in [1.29, 1.82) is 0 Å². The zero-order chi connectivity index (χ0) is 19.6. The Morgan fingerprint density at radius 3 is 2.48 bits per heavy atom. The predicted molar refractivity (Wildman–Crippen MR) is 101 cm³/mol. The standard InChI is InChI=1S/C19H22N2O5S/c1-13(14-7-8-17-18(12-14)26-10-9-25-17)20-19(22)15-5-4-6-16(11-15)27(23,24)21(2)3/h4-8,11-13H,9-10H2,1-3H3,(H,20,22). The molecule has 1 unspecified atom stereocenters. The molecule has 1 N–H and O–H groups in total. The van der Waals surface area contributed by atoms with Crippen molar-refractivity contribution in [2.75, 3.05) is 27.3 Å². The van der Waals surface area contributed by atoms with Crippen molar-refractivity contribution in [2.45, 2.75) is 17.9 Å². The molecule has 0 aromatic heterocycles. The average molecular weight is 390 g/mol. The van der Waals surface area contributed by atoms with Crippen molar-refractivity contribution in [3.63, 3.8) is 0 Å². The zero-order valence-electron chi connectivity index (χ0n) is 15.4. The number of fused-ring (bicyclic) bond motifs is 1. The van der Waals surface area contributed by atoms with Gasteiger partial charge in [0, 0.05) is 19.7 Å². The van der Waals surface area contributed by atoms with Crippen molar-refractivity contribution in [2.24, 2.45) is 0 Å². The van der Waals surface area contributed by atoms with Gasteiger partial charge in [0.1, 0.15) is 13.2 Å². The molecular formula is C19H22N2O5S. The number of nitrogens with one attached hydrogen (secondary N) is 1. The Morgan fingerprint density at radius 1 is 1.07 bits per heavy atom. The molecule has 1 aliphatic rings. The van der Waals surface area contributed by atoms with E-state index in [4.69, 9.17) is 9.47 Å². The largest absolute Gasteiger partial charge is 0.486 e. The molecule has 1 heterocycles. The van der Waals surface area contributed by atoms with Gasteiger partial charge >= 0.3 is 0 Å². The van der Waals surface area contributed by atoms with Crippen LogP contribution in [0.5, 0.6) is 11.5 Å². The van der Waals surface area contributed by atoms with Crippen molar-refractivity contribution < 1.29 is 22.7 Å². The number of ether oxygens (including phenoxy) is 2. The van der Waals surface area contributed by atoms with Gasteiger partial charge in [0.25, 0.3) is 5.91 Å². The van der Waals surface area contributed by atoms with E-state index < -0.39 is 10.0 Å². The molecule has 1 aliphatic heterocycles. The molecule has 8 heteroatoms. The third-order valence-electron chi connectivity index (χ3n) is 4.29. The van der Waals surface area contributed by atoms with Crippen LogP contribution in [0.2, 0.25) is 0 Å². The highest BCUT2D eigenvalue weighted by molar-refractivity contribution is 7.89. The van der Waals surface area contributed by atoms with Gasteiger partial charge in [-0.15, -0.1) is 0 Å². The van der Waals surface area contributed by atoms with Gasteiger partial charge in [-0.25, -0.2) is 12.7 Å². The van der Waals surface area contributed by atoms with Crippen LogP contribution in [0.15, 0.2) is 47.4 Å². The van der Waals surface area contributed by atoms with Crippen LogP contribution in [0.1, 0.15) is 28.9 Å². The maximum absolute atomic E-state index is 12.6. The first kappa shape index (κ1) is 19.2. The first-order chi connectivity index (χ1) is 12.8. The van der Waals surface area contributed by atoms with Gasteiger partial charge in [0.05, 0.1) is 10.9 Å². The van der Waals surface area contributed by atoms with Gasteiger partial charge in [-0.1, -0.05) is 12.1 Å². The van der Waals surface area contributed by atoms with Crippen LogP contribution >= 0.6 is 0 Å². The smallest absolute Gasteiger partial charge is 0.251 e. The minimum atomic E-state index is -3.60. The van der Waals surface area contributed by atoms with Crippen LogP contribution in [0.4, 0.5) is 0 Å². The number of benzene rings is 2. The summed E-state index contributed by atoms with van der Waals surface area (Å²) in [5.41, 5.74) is 1.15. The summed E-state index contributed by atoms with van der Waals surface area (Å²) in [5, 5.41) is 2.88. The van der Waals surface area contributed by atoms with E-state index in [0.717, 1.165) is 9.87 Å². The molecule has 0 spiro atoms. The van der Waals surface area contributed by atoms with E-state index in [0.29, 0.717) is 24.7 Å². The van der Waals surface area contributed by atoms with E-state index in [9.17, 15) is 13.2 Å². The molecule has 2 aromatic rings. The number of carbonyl (C=O) groups excluding carboxylic acids is 1. The van der Waals surface area contributed by atoms with Crippen LogP contribution in [0.3, 0.4) is 0 Å². The molecule has 7 nitrogen and oxygen atoms in total. The predicted octanol–water partition coefficient (Wildman–Crippen LogP) is 2.20. The first-order valence-electron chi connectivity index (χ1n) is 8.52. The molecule has 0 bridgehead atoms. The summed E-state index contributed by atoms with van der Waals surface area (Å²) in [6.07, 6.45) is 0. The van der Waals surface area contributed by atoms with E-state index in [2.05, 4.69) is 5.32 Å². The monoisotopic (exact) mass is 390 g/mol. The Morgan fingerprint density at radius 2 is 1.78 bits per heavy atom. The molecule has 1 amide bonds. The van der Waals surface area contributed by atoms with E-state index in [1.54, 1.807) is 12.1 Å². The highest BCUT2D eigenvalue weighted by Crippen LogP contribution is 2.32. The molecule has 0 saturated carbocycles. The second kappa shape index (κ2) is 7.58. The molecule has 0 radical (unpaired) electrons. The molecule has 2 aromatic carbocycles. The van der Waals surface area contributed by atoms with Crippen LogP contribution in [0, 0.1) is 0 Å². The highest BCUT2D eigenvalue weighted by atomic mass is 32.2. The summed E-state index contributed by atoms with van der Waals surface area (Å²) in [7, 11) is -0.700. The van der Waals surface area contributed by atoms with E-state index in [1.807, 2.05) is 25.1 Å². The molecule has 0 saturated heterocycles. The highest BCUT2D eigenvalue weighted by Gasteiger charge is 2.20. The molecule has 1 atom stereocenters. The Balaban J connectivity index is 1.77. The Bertz CT molecular complexity index is 956. The molecule has 144 valence electrons. The number of hydrogen-bond donors (Lipinski definition) is 1. The maximum atomic E-state index is 12.6. The van der Waals surface area contributed by atoms with E-state index in [1.165, 1.54) is 26.2 Å². The van der Waals surface area contributed by atoms with Crippen LogP contribution < -0.4 is 14.8 Å².